The van der Waals surface area contributed by atoms with E-state index < -0.39 is 29.2 Å². The highest BCUT2D eigenvalue weighted by Gasteiger charge is 2.35. The zero-order valence-corrected chi connectivity index (χ0v) is 19.3. The third-order valence-corrected chi connectivity index (χ3v) is 6.50. The Morgan fingerprint density at radius 1 is 1.09 bits per heavy atom. The number of rotatable bonds is 7. The van der Waals surface area contributed by atoms with Crippen LogP contribution in [0.25, 0.3) is 21.5 Å². The molecule has 0 spiro atoms. The number of aryl methyl sites for hydroxylation is 1. The van der Waals surface area contributed by atoms with Gasteiger partial charge in [0.2, 0.25) is 0 Å². The number of aromatic nitrogens is 2. The first kappa shape index (κ1) is 24.6. The standard InChI is InChI=1S/C24H19F5N2O3S/c1-13-20(12-34-18-3-4-19-14(9-18)5-6-31(19)11-21(32)33)35-22(30-13)15-7-16(23(2,25)26)10-17(8-15)24(27,28)29/h3-10H,11-12H2,1-2H3,(H,32,33). The molecule has 0 aliphatic heterocycles. The van der Waals surface area contributed by atoms with Gasteiger partial charge in [-0.2, -0.15) is 13.2 Å². The molecule has 0 saturated carbocycles. The zero-order valence-electron chi connectivity index (χ0n) is 18.5. The molecule has 0 fully saturated rings. The number of hydrogen-bond acceptors (Lipinski definition) is 4. The molecule has 5 nitrogen and oxygen atoms in total. The number of benzene rings is 2. The molecule has 0 saturated heterocycles. The molecule has 1 N–H and O–H groups in total. The van der Waals surface area contributed by atoms with Crippen LogP contribution < -0.4 is 4.74 Å². The number of carbonyl (C=O) groups is 1. The van der Waals surface area contributed by atoms with Crippen LogP contribution in [-0.4, -0.2) is 20.6 Å². The van der Waals surface area contributed by atoms with Crippen LogP contribution in [-0.2, 0) is 30.0 Å². The first-order chi connectivity index (χ1) is 16.3. The van der Waals surface area contributed by atoms with E-state index in [1.807, 2.05) is 0 Å². The lowest BCUT2D eigenvalue weighted by atomic mass is 10.0. The number of carboxylic acids is 1. The lowest BCUT2D eigenvalue weighted by Gasteiger charge is -2.15. The molecule has 0 aliphatic rings. The van der Waals surface area contributed by atoms with Crippen molar-refractivity contribution in [3.8, 4) is 16.3 Å². The van der Waals surface area contributed by atoms with Crippen molar-refractivity contribution < 1.29 is 36.6 Å². The molecular formula is C24H19F5N2O3S. The quantitative estimate of drug-likeness (QED) is 0.276. The van der Waals surface area contributed by atoms with Crippen molar-refractivity contribution in [2.24, 2.45) is 0 Å². The van der Waals surface area contributed by atoms with Crippen LogP contribution >= 0.6 is 11.3 Å². The molecule has 0 radical (unpaired) electrons. The van der Waals surface area contributed by atoms with E-state index in [4.69, 9.17) is 9.84 Å². The summed E-state index contributed by atoms with van der Waals surface area (Å²) in [6.45, 7) is 2.11. The Hall–Kier alpha value is -3.47. The van der Waals surface area contributed by atoms with Gasteiger partial charge in [0, 0.05) is 35.2 Å². The van der Waals surface area contributed by atoms with E-state index in [0.717, 1.165) is 34.4 Å². The van der Waals surface area contributed by atoms with Gasteiger partial charge >= 0.3 is 12.1 Å². The average molecular weight is 510 g/mol. The molecule has 2 aromatic carbocycles. The fraction of sp³-hybridized carbons (Fsp3) is 0.250. The predicted molar refractivity (Wildman–Crippen MR) is 121 cm³/mol. The summed E-state index contributed by atoms with van der Waals surface area (Å²) in [7, 11) is 0. The number of hydrogen-bond donors (Lipinski definition) is 1. The van der Waals surface area contributed by atoms with Crippen LogP contribution in [0.3, 0.4) is 0 Å². The fourth-order valence-corrected chi connectivity index (χ4v) is 4.52. The van der Waals surface area contributed by atoms with E-state index >= 15 is 0 Å². The van der Waals surface area contributed by atoms with E-state index in [2.05, 4.69) is 4.98 Å². The Morgan fingerprint density at radius 2 is 1.80 bits per heavy atom. The van der Waals surface area contributed by atoms with Crippen LogP contribution in [0.2, 0.25) is 0 Å². The SMILES string of the molecule is Cc1nc(-c2cc(C(C)(F)F)cc(C(F)(F)F)c2)sc1COc1ccc2c(ccn2CC(=O)O)c1. The monoisotopic (exact) mass is 510 g/mol. The minimum atomic E-state index is -4.78. The van der Waals surface area contributed by atoms with E-state index in [-0.39, 0.29) is 23.7 Å². The third kappa shape index (κ3) is 5.45. The zero-order chi connectivity index (χ0) is 25.5. The summed E-state index contributed by atoms with van der Waals surface area (Å²) < 4.78 is 75.0. The molecule has 0 unspecified atom stereocenters. The molecule has 2 aromatic heterocycles. The molecule has 4 rings (SSSR count). The minimum Gasteiger partial charge on any atom is -0.488 e. The van der Waals surface area contributed by atoms with Crippen molar-refractivity contribution in [3.63, 3.8) is 0 Å². The topological polar surface area (TPSA) is 64.4 Å². The van der Waals surface area contributed by atoms with Crippen LogP contribution in [0, 0.1) is 6.92 Å². The van der Waals surface area contributed by atoms with E-state index in [0.29, 0.717) is 29.3 Å². The molecule has 0 aliphatic carbocycles. The highest BCUT2D eigenvalue weighted by molar-refractivity contribution is 7.15. The molecule has 11 heteroatoms. The van der Waals surface area contributed by atoms with E-state index in [1.54, 1.807) is 42.0 Å². The maximum absolute atomic E-state index is 13.9. The largest absolute Gasteiger partial charge is 0.488 e. The second kappa shape index (κ2) is 8.95. The number of carboxylic acid groups (broad SMARTS) is 1. The second-order valence-electron chi connectivity index (χ2n) is 8.06. The van der Waals surface area contributed by atoms with Gasteiger partial charge in [-0.1, -0.05) is 0 Å². The average Bonchev–Trinajstić information content (AvgIpc) is 3.33. The van der Waals surface area contributed by atoms with Crippen molar-refractivity contribution in [1.29, 1.82) is 0 Å². The fourth-order valence-electron chi connectivity index (χ4n) is 3.55. The normalized spacial score (nSPS) is 12.3. The summed E-state index contributed by atoms with van der Waals surface area (Å²) >= 11 is 1.07. The molecule has 35 heavy (non-hydrogen) atoms. The number of thiazole rings is 1. The van der Waals surface area contributed by atoms with Crippen molar-refractivity contribution in [2.45, 2.75) is 39.1 Å². The lowest BCUT2D eigenvalue weighted by molar-refractivity contribution is -0.138. The van der Waals surface area contributed by atoms with Gasteiger partial charge in [-0.25, -0.2) is 13.8 Å². The number of halogens is 5. The molecule has 0 amide bonds. The molecule has 184 valence electrons. The molecule has 2 heterocycles. The Morgan fingerprint density at radius 3 is 2.46 bits per heavy atom. The van der Waals surface area contributed by atoms with Gasteiger partial charge in [0.1, 0.15) is 23.9 Å². The number of alkyl halides is 5. The number of fused-ring (bicyclic) bond motifs is 1. The third-order valence-electron chi connectivity index (χ3n) is 5.32. The highest BCUT2D eigenvalue weighted by atomic mass is 32.1. The maximum atomic E-state index is 13.9. The van der Waals surface area contributed by atoms with Crippen LogP contribution in [0.5, 0.6) is 5.75 Å². The van der Waals surface area contributed by atoms with Crippen molar-refractivity contribution in [1.82, 2.24) is 9.55 Å². The van der Waals surface area contributed by atoms with E-state index in [9.17, 15) is 26.7 Å². The Bertz CT molecular complexity index is 1370. The van der Waals surface area contributed by atoms with Crippen molar-refractivity contribution >= 4 is 28.2 Å². The first-order valence-electron chi connectivity index (χ1n) is 10.3. The van der Waals surface area contributed by atoms with Crippen LogP contribution in [0.1, 0.15) is 28.6 Å². The number of aliphatic carboxylic acids is 1. The highest BCUT2D eigenvalue weighted by Crippen LogP contribution is 2.39. The molecule has 4 aromatic rings. The second-order valence-corrected chi connectivity index (χ2v) is 9.14. The summed E-state index contributed by atoms with van der Waals surface area (Å²) in [4.78, 5) is 15.9. The number of nitrogens with zero attached hydrogens (tertiary/aromatic N) is 2. The van der Waals surface area contributed by atoms with Gasteiger partial charge in [0.25, 0.3) is 5.92 Å². The van der Waals surface area contributed by atoms with Crippen LogP contribution in [0.15, 0.2) is 48.7 Å². The summed E-state index contributed by atoms with van der Waals surface area (Å²) in [6, 6.07) is 9.20. The van der Waals surface area contributed by atoms with Gasteiger partial charge in [0.15, 0.2) is 0 Å². The van der Waals surface area contributed by atoms with Gasteiger partial charge in [-0.05, 0) is 49.4 Å². The smallest absolute Gasteiger partial charge is 0.416 e. The van der Waals surface area contributed by atoms with Gasteiger partial charge < -0.3 is 14.4 Å². The van der Waals surface area contributed by atoms with E-state index in [1.165, 1.54) is 0 Å². The molecule has 0 atom stereocenters. The molecule has 0 bridgehead atoms. The predicted octanol–water partition coefficient (Wildman–Crippen LogP) is 6.87. The van der Waals surface area contributed by atoms with Gasteiger partial charge in [0.05, 0.1) is 16.1 Å². The summed E-state index contributed by atoms with van der Waals surface area (Å²) in [5.74, 6) is -3.90. The van der Waals surface area contributed by atoms with Crippen molar-refractivity contribution in [2.75, 3.05) is 0 Å². The Balaban J connectivity index is 1.58. The summed E-state index contributed by atoms with van der Waals surface area (Å²) in [6.07, 6.45) is -3.12. The maximum Gasteiger partial charge on any atom is 0.416 e. The Kier molecular flexibility index (Phi) is 6.31. The van der Waals surface area contributed by atoms with Crippen molar-refractivity contribution in [3.05, 3.63) is 70.4 Å². The number of ether oxygens (including phenoxy) is 1. The lowest BCUT2D eigenvalue weighted by Crippen LogP contribution is -2.12. The summed E-state index contributed by atoms with van der Waals surface area (Å²) in [5.41, 5.74) is -0.710. The Labute approximate surface area is 200 Å². The minimum absolute atomic E-state index is 0.0445. The van der Waals surface area contributed by atoms with Gasteiger partial charge in [-0.3, -0.25) is 4.79 Å². The first-order valence-corrected chi connectivity index (χ1v) is 11.1. The summed E-state index contributed by atoms with van der Waals surface area (Å²) in [5, 5.41) is 9.95. The molecular weight excluding hydrogens is 491 g/mol. The van der Waals surface area contributed by atoms with Gasteiger partial charge in [-0.15, -0.1) is 11.3 Å². The van der Waals surface area contributed by atoms with Crippen LogP contribution in [0.4, 0.5) is 22.0 Å².